The Morgan fingerprint density at radius 2 is 2.12 bits per heavy atom. The van der Waals surface area contributed by atoms with Crippen molar-refractivity contribution in [3.63, 3.8) is 0 Å². The largest absolute Gasteiger partial charge is 0.363 e. The van der Waals surface area contributed by atoms with E-state index < -0.39 is 0 Å². The van der Waals surface area contributed by atoms with Gasteiger partial charge in [0.2, 0.25) is 0 Å². The van der Waals surface area contributed by atoms with E-state index >= 15 is 0 Å². The van der Waals surface area contributed by atoms with Crippen LogP contribution in [0.4, 0.5) is 0 Å². The number of halogens is 2. The monoisotopic (exact) mass is 237 g/mol. The normalized spacial score (nSPS) is 9.88. The predicted molar refractivity (Wildman–Crippen MR) is 40.9 cm³/mol. The Kier molecular flexibility index (Phi) is 1.77. The summed E-state index contributed by atoms with van der Waals surface area (Å²) in [7, 11) is 0. The molecule has 0 aliphatic heterocycles. The number of H-pyrrole nitrogens is 1. The van der Waals surface area contributed by atoms with Crippen molar-refractivity contribution in [3.05, 3.63) is 20.8 Å². The topological polar surface area (TPSA) is 15.8 Å². The van der Waals surface area contributed by atoms with Crippen LogP contribution in [0.25, 0.3) is 0 Å². The smallest absolute Gasteiger partial charge is 0.0521 e. The second-order valence-corrected chi connectivity index (χ2v) is 3.22. The molecule has 0 unspecified atom stereocenters. The molecule has 3 heteroatoms. The molecule has 44 valence electrons. The van der Waals surface area contributed by atoms with Crippen molar-refractivity contribution in [3.8, 4) is 0 Å². The third-order valence-corrected chi connectivity index (χ3v) is 3.13. The standard InChI is InChI=1S/C5H5Br2N/c1-3-5(7)4(6)2-8-3/h2,8H,1H3. The Morgan fingerprint density at radius 3 is 2.25 bits per heavy atom. The fraction of sp³-hybridized carbons (Fsp3) is 0.200. The van der Waals surface area contributed by atoms with Crippen LogP contribution in [0, 0.1) is 6.92 Å². The van der Waals surface area contributed by atoms with Crippen molar-refractivity contribution < 1.29 is 0 Å². The van der Waals surface area contributed by atoms with E-state index in [9.17, 15) is 0 Å². The van der Waals surface area contributed by atoms with E-state index in [1.807, 2.05) is 13.1 Å². The molecule has 0 fully saturated rings. The summed E-state index contributed by atoms with van der Waals surface area (Å²) < 4.78 is 2.19. The van der Waals surface area contributed by atoms with Gasteiger partial charge in [-0.15, -0.1) is 0 Å². The molecule has 0 aromatic carbocycles. The van der Waals surface area contributed by atoms with Crippen LogP contribution in [0.3, 0.4) is 0 Å². The van der Waals surface area contributed by atoms with Gasteiger partial charge in [-0.05, 0) is 38.8 Å². The average molecular weight is 239 g/mol. The molecule has 0 aliphatic carbocycles. The van der Waals surface area contributed by atoms with E-state index in [1.165, 1.54) is 0 Å². The van der Waals surface area contributed by atoms with Gasteiger partial charge in [-0.2, -0.15) is 0 Å². The molecule has 0 bridgehead atoms. The van der Waals surface area contributed by atoms with Gasteiger partial charge in [0.25, 0.3) is 0 Å². The first-order chi connectivity index (χ1) is 3.72. The summed E-state index contributed by atoms with van der Waals surface area (Å²) in [5.41, 5.74) is 1.15. The van der Waals surface area contributed by atoms with Crippen molar-refractivity contribution in [1.82, 2.24) is 4.98 Å². The molecule has 1 heterocycles. The van der Waals surface area contributed by atoms with Crippen molar-refractivity contribution >= 4 is 31.9 Å². The Hall–Kier alpha value is 0.240. The van der Waals surface area contributed by atoms with Crippen LogP contribution in [0.5, 0.6) is 0 Å². The summed E-state index contributed by atoms with van der Waals surface area (Å²) in [6.45, 7) is 2.01. The van der Waals surface area contributed by atoms with E-state index in [4.69, 9.17) is 0 Å². The molecule has 0 saturated carbocycles. The van der Waals surface area contributed by atoms with Crippen LogP contribution in [-0.2, 0) is 0 Å². The number of nitrogens with one attached hydrogen (secondary N) is 1. The minimum atomic E-state index is 1.08. The van der Waals surface area contributed by atoms with Gasteiger partial charge in [0, 0.05) is 16.4 Å². The number of hydrogen-bond donors (Lipinski definition) is 1. The molecule has 0 atom stereocenters. The highest BCUT2D eigenvalue weighted by atomic mass is 79.9. The molecule has 8 heavy (non-hydrogen) atoms. The average Bonchev–Trinajstić information content (AvgIpc) is 1.98. The molecule has 1 aromatic rings. The number of aromatic nitrogens is 1. The predicted octanol–water partition coefficient (Wildman–Crippen LogP) is 2.85. The van der Waals surface area contributed by atoms with E-state index in [0.717, 1.165) is 14.6 Å². The van der Waals surface area contributed by atoms with Crippen LogP contribution < -0.4 is 0 Å². The van der Waals surface area contributed by atoms with Gasteiger partial charge in [0.05, 0.1) is 4.47 Å². The van der Waals surface area contributed by atoms with E-state index in [2.05, 4.69) is 36.8 Å². The highest BCUT2D eigenvalue weighted by Crippen LogP contribution is 2.24. The van der Waals surface area contributed by atoms with Crippen LogP contribution in [0.15, 0.2) is 15.1 Å². The van der Waals surface area contributed by atoms with Crippen molar-refractivity contribution in [2.75, 3.05) is 0 Å². The first-order valence-corrected chi connectivity index (χ1v) is 3.79. The van der Waals surface area contributed by atoms with Gasteiger partial charge in [0.15, 0.2) is 0 Å². The Balaban J connectivity index is 3.19. The molecule has 0 spiro atoms. The lowest BCUT2D eigenvalue weighted by Crippen LogP contribution is -1.65. The molecule has 0 aliphatic rings. The van der Waals surface area contributed by atoms with Crippen molar-refractivity contribution in [2.24, 2.45) is 0 Å². The van der Waals surface area contributed by atoms with E-state index in [-0.39, 0.29) is 0 Å². The lowest BCUT2D eigenvalue weighted by Gasteiger charge is -1.82. The van der Waals surface area contributed by atoms with Crippen LogP contribution >= 0.6 is 31.9 Å². The van der Waals surface area contributed by atoms with Crippen LogP contribution in [0.2, 0.25) is 0 Å². The molecule has 1 aromatic heterocycles. The molecule has 1 nitrogen and oxygen atoms in total. The summed E-state index contributed by atoms with van der Waals surface area (Å²) in [5, 5.41) is 0. The summed E-state index contributed by atoms with van der Waals surface area (Å²) in [6.07, 6.45) is 1.90. The number of aromatic amines is 1. The lowest BCUT2D eigenvalue weighted by atomic mass is 10.5. The molecule has 0 radical (unpaired) electrons. The minimum Gasteiger partial charge on any atom is -0.363 e. The number of aryl methyl sites for hydroxylation is 1. The fourth-order valence-corrected chi connectivity index (χ4v) is 1.12. The first-order valence-electron chi connectivity index (χ1n) is 2.21. The van der Waals surface area contributed by atoms with Crippen LogP contribution in [-0.4, -0.2) is 4.98 Å². The molecular weight excluding hydrogens is 234 g/mol. The molecular formula is C5H5Br2N. The fourth-order valence-electron chi connectivity index (χ4n) is 0.477. The number of hydrogen-bond acceptors (Lipinski definition) is 0. The number of rotatable bonds is 0. The first kappa shape index (κ1) is 6.36. The van der Waals surface area contributed by atoms with E-state index in [1.54, 1.807) is 0 Å². The van der Waals surface area contributed by atoms with Gasteiger partial charge in [-0.1, -0.05) is 0 Å². The quantitative estimate of drug-likeness (QED) is 0.716. The third-order valence-electron chi connectivity index (χ3n) is 0.954. The molecule has 0 saturated heterocycles. The maximum absolute atomic E-state index is 3.37. The zero-order valence-electron chi connectivity index (χ0n) is 4.33. The second kappa shape index (κ2) is 2.23. The SMILES string of the molecule is Cc1[nH]cc(Br)c1Br. The highest BCUT2D eigenvalue weighted by Gasteiger charge is 1.98. The second-order valence-electron chi connectivity index (χ2n) is 1.58. The minimum absolute atomic E-state index is 1.08. The zero-order chi connectivity index (χ0) is 6.15. The van der Waals surface area contributed by atoms with Crippen LogP contribution in [0.1, 0.15) is 5.69 Å². The molecule has 1 N–H and O–H groups in total. The van der Waals surface area contributed by atoms with Gasteiger partial charge >= 0.3 is 0 Å². The van der Waals surface area contributed by atoms with E-state index in [0.29, 0.717) is 0 Å². The van der Waals surface area contributed by atoms with Gasteiger partial charge in [-0.25, -0.2) is 0 Å². The Labute approximate surface area is 64.7 Å². The van der Waals surface area contributed by atoms with Gasteiger partial charge < -0.3 is 4.98 Å². The maximum Gasteiger partial charge on any atom is 0.0521 e. The zero-order valence-corrected chi connectivity index (χ0v) is 7.51. The summed E-state index contributed by atoms with van der Waals surface area (Å²) in [5.74, 6) is 0. The highest BCUT2D eigenvalue weighted by molar-refractivity contribution is 9.13. The van der Waals surface area contributed by atoms with Crippen molar-refractivity contribution in [1.29, 1.82) is 0 Å². The molecule has 0 amide bonds. The summed E-state index contributed by atoms with van der Waals surface area (Å²) in [4.78, 5) is 3.04. The van der Waals surface area contributed by atoms with Gasteiger partial charge in [-0.3, -0.25) is 0 Å². The Bertz CT molecular complexity index is 173. The molecule has 1 rings (SSSR count). The summed E-state index contributed by atoms with van der Waals surface area (Å²) >= 11 is 6.71. The van der Waals surface area contributed by atoms with Crippen molar-refractivity contribution in [2.45, 2.75) is 6.92 Å². The maximum atomic E-state index is 3.37. The third kappa shape index (κ3) is 0.977. The van der Waals surface area contributed by atoms with Gasteiger partial charge in [0.1, 0.15) is 0 Å². The summed E-state index contributed by atoms with van der Waals surface area (Å²) in [6, 6.07) is 0. The Morgan fingerprint density at radius 1 is 1.50 bits per heavy atom. The lowest BCUT2D eigenvalue weighted by molar-refractivity contribution is 1.25.